The van der Waals surface area contributed by atoms with Gasteiger partial charge in [-0.3, -0.25) is 9.59 Å². The average molecular weight is 528 g/mol. The maximum absolute atomic E-state index is 12.4. The Balaban J connectivity index is 0.00000361. The van der Waals surface area contributed by atoms with Crippen molar-refractivity contribution in [3.8, 4) is 0 Å². The van der Waals surface area contributed by atoms with Gasteiger partial charge in [-0.1, -0.05) is 38.1 Å². The van der Waals surface area contributed by atoms with Gasteiger partial charge in [0, 0.05) is 5.41 Å². The van der Waals surface area contributed by atoms with Crippen molar-refractivity contribution in [2.45, 2.75) is 45.8 Å². The normalized spacial score (nSPS) is 11.7. The second-order valence-corrected chi connectivity index (χ2v) is 7.35. The van der Waals surface area contributed by atoms with Gasteiger partial charge >= 0.3 is 0 Å². The van der Waals surface area contributed by atoms with E-state index in [0.717, 1.165) is 18.2 Å². The molecule has 0 bridgehead atoms. The fourth-order valence-electron chi connectivity index (χ4n) is 1.45. The molecule has 0 heterocycles. The summed E-state index contributed by atoms with van der Waals surface area (Å²) in [5.74, 6) is -0.0215. The summed E-state index contributed by atoms with van der Waals surface area (Å²) in [6, 6.07) is 9.79. The Bertz CT molecular complexity index is 467. The van der Waals surface area contributed by atoms with Crippen LogP contribution in [0.15, 0.2) is 24.3 Å². The van der Waals surface area contributed by atoms with Crippen molar-refractivity contribution in [1.82, 2.24) is 0 Å². The van der Waals surface area contributed by atoms with Crippen molar-refractivity contribution in [3.63, 3.8) is 0 Å². The van der Waals surface area contributed by atoms with E-state index in [1.54, 1.807) is 38.1 Å². The van der Waals surface area contributed by atoms with E-state index in [1.165, 1.54) is 0 Å². The molecule has 0 spiro atoms. The average Bonchev–Trinajstić information content (AvgIpc) is 2.38. The molecule has 2 nitrogen and oxygen atoms in total. The van der Waals surface area contributed by atoms with Gasteiger partial charge in [0.1, 0.15) is 0 Å². The molecule has 0 unspecified atom stereocenters. The number of ketones is 1. The summed E-state index contributed by atoms with van der Waals surface area (Å²) < 4.78 is -0.745. The summed E-state index contributed by atoms with van der Waals surface area (Å²) in [7, 11) is 0. The predicted octanol–water partition coefficient (Wildman–Crippen LogP) is 4.14. The van der Waals surface area contributed by atoms with E-state index in [0.29, 0.717) is 5.56 Å². The Kier molecular flexibility index (Phi) is 5.71. The quantitative estimate of drug-likeness (QED) is 0.426. The van der Waals surface area contributed by atoms with Gasteiger partial charge in [-0.05, 0) is 20.3 Å². The molecule has 0 N–H and O–H groups in total. The van der Waals surface area contributed by atoms with Crippen molar-refractivity contribution in [2.75, 3.05) is 0 Å². The third-order valence-corrected chi connectivity index (χ3v) is 4.75. The number of carbonyl (C=O) groups excluding carboxylic acids is 2. The Morgan fingerprint density at radius 1 is 1.15 bits per heavy atom. The molecule has 4 heteroatoms. The van der Waals surface area contributed by atoms with Crippen LogP contribution in [0.1, 0.15) is 51.4 Å². The fraction of sp³-hybridized carbons (Fsp3) is 0.500. The topological polar surface area (TPSA) is 34.1 Å². The van der Waals surface area contributed by atoms with Gasteiger partial charge in [-0.15, -0.1) is 0 Å². The van der Waals surface area contributed by atoms with Crippen LogP contribution >= 0.6 is 11.8 Å². The second-order valence-electron chi connectivity index (χ2n) is 5.76. The van der Waals surface area contributed by atoms with Crippen molar-refractivity contribution >= 4 is 22.7 Å². The van der Waals surface area contributed by atoms with Gasteiger partial charge < -0.3 is 0 Å². The fourth-order valence-corrected chi connectivity index (χ4v) is 2.54. The predicted molar refractivity (Wildman–Crippen MR) is 80.4 cm³/mol. The number of Topliss-reactive ketones (excluding diaryl/α,β-unsaturated/α-hetero) is 1. The minimum Gasteiger partial charge on any atom is -0.295 e. The first kappa shape index (κ1) is 17.9. The molecule has 1 aromatic rings. The maximum atomic E-state index is 12.4. The van der Waals surface area contributed by atoms with E-state index in [9.17, 15) is 9.59 Å². The first-order valence-corrected chi connectivity index (χ1v) is 7.27. The van der Waals surface area contributed by atoms with Gasteiger partial charge in [0.05, 0.1) is 4.75 Å². The number of hydrogen-bond donors (Lipinski definition) is 0. The molecule has 0 atom stereocenters. The molecule has 0 radical (unpaired) electrons. The van der Waals surface area contributed by atoms with Crippen LogP contribution in [0.3, 0.4) is 0 Å². The molecule has 0 aliphatic rings. The monoisotopic (exact) mass is 526 g/mol. The van der Waals surface area contributed by atoms with Gasteiger partial charge in [0.15, 0.2) is 10.9 Å². The van der Waals surface area contributed by atoms with E-state index in [1.807, 2.05) is 20.8 Å². The second kappa shape index (κ2) is 6.38. The van der Waals surface area contributed by atoms with E-state index in [-0.39, 0.29) is 10.9 Å². The van der Waals surface area contributed by atoms with Gasteiger partial charge in [-0.25, -0.2) is 0 Å². The Morgan fingerprint density at radius 3 is 2.10 bits per heavy atom. The molecule has 1 rings (SSSR count). The number of benzene rings is 1. The smallest absolute Gasteiger partial charge is 0.195 e. The Morgan fingerprint density at radius 2 is 1.65 bits per heavy atom. The molecule has 20 heavy (non-hydrogen) atoms. The largest absolute Gasteiger partial charge is 0.295 e. The van der Waals surface area contributed by atoms with Crippen molar-refractivity contribution in [2.24, 2.45) is 5.41 Å². The molecule has 0 aliphatic heterocycles. The minimum absolute atomic E-state index is 0. The molecular formula is C16H21CfO2S-. The minimum atomic E-state index is -0.745. The van der Waals surface area contributed by atoms with Crippen LogP contribution in [0.4, 0.5) is 0 Å². The van der Waals surface area contributed by atoms with Gasteiger partial charge in [0.2, 0.25) is 0 Å². The summed E-state index contributed by atoms with van der Waals surface area (Å²) in [5, 5.41) is 0.0656. The van der Waals surface area contributed by atoms with Crippen LogP contribution in [-0.4, -0.2) is 15.6 Å². The summed E-state index contributed by atoms with van der Waals surface area (Å²) >= 11 is 1.14. The molecule has 0 aromatic heterocycles. The summed E-state index contributed by atoms with van der Waals surface area (Å²) in [6.07, 6.45) is 0.767. The van der Waals surface area contributed by atoms with Crippen molar-refractivity contribution in [1.29, 1.82) is 0 Å². The molecule has 0 fully saturated rings. The summed E-state index contributed by atoms with van der Waals surface area (Å²) in [5.41, 5.74) is 0.227. The zero-order chi connectivity index (χ0) is 14.7. The molecule has 0 aliphatic carbocycles. The zero-order valence-corrected chi connectivity index (χ0v) is 16.0. The Hall–Kier alpha value is -2.09. The number of carbonyl (C=O) groups is 2. The van der Waals surface area contributed by atoms with Crippen LogP contribution in [0.2, 0.25) is 0 Å². The van der Waals surface area contributed by atoms with E-state index in [4.69, 9.17) is 0 Å². The third-order valence-electron chi connectivity index (χ3n) is 3.31. The molecule has 0 amide bonds. The molecule has 114 valence electrons. The molecule has 1 aromatic carbocycles. The molecule has 0 saturated heterocycles. The van der Waals surface area contributed by atoms with Crippen LogP contribution in [0, 0.1) is 11.5 Å². The standard InChI is InChI=1S/C16H21O2S.Cf/c1-6-15(2,3)14(18)19-16(4,5)13(17)12-10-8-7-9-11-12;/h8-11H,6H2,1-5H3;/q-1;. The van der Waals surface area contributed by atoms with Crippen molar-refractivity contribution in [3.05, 3.63) is 35.9 Å². The first-order valence-electron chi connectivity index (χ1n) is 6.45. The van der Waals surface area contributed by atoms with Crippen LogP contribution in [-0.2, 0) is 4.79 Å². The summed E-state index contributed by atoms with van der Waals surface area (Å²) in [6.45, 7) is 9.43. The van der Waals surface area contributed by atoms with Crippen LogP contribution < -0.4 is 0 Å². The van der Waals surface area contributed by atoms with E-state index >= 15 is 0 Å². The van der Waals surface area contributed by atoms with Gasteiger partial charge in [0.25, 0.3) is 0 Å². The van der Waals surface area contributed by atoms with Crippen LogP contribution in [0.25, 0.3) is 0 Å². The first-order chi connectivity index (χ1) is 8.70. The SMILES string of the molecule is CCC(C)(C)C(=O)SC(C)(C)C(=O)c1cc[c-]cc1.[Cf]. The number of thioether (sulfide) groups is 1. The molecular weight excluding hydrogens is 507 g/mol. The number of rotatable bonds is 5. The zero-order valence-electron chi connectivity index (χ0n) is 12.6. The maximum Gasteiger partial charge on any atom is 0.195 e. The van der Waals surface area contributed by atoms with Crippen molar-refractivity contribution < 1.29 is 9.59 Å². The number of hydrogen-bond acceptors (Lipinski definition) is 3. The van der Waals surface area contributed by atoms with E-state index < -0.39 is 10.2 Å². The van der Waals surface area contributed by atoms with Crippen LogP contribution in [0.5, 0.6) is 0 Å². The third kappa shape index (κ3) is 3.95. The summed E-state index contributed by atoms with van der Waals surface area (Å²) in [4.78, 5) is 24.7. The Labute approximate surface area is 120 Å². The molecule has 0 saturated carbocycles. The van der Waals surface area contributed by atoms with E-state index in [2.05, 4.69) is 6.07 Å². The van der Waals surface area contributed by atoms with Gasteiger partial charge in [-0.2, -0.15) is 30.3 Å².